The Bertz CT molecular complexity index is 1300. The predicted octanol–water partition coefficient (Wildman–Crippen LogP) is 11.8. The fourth-order valence-electron chi connectivity index (χ4n) is 5.47. The van der Waals surface area contributed by atoms with Crippen molar-refractivity contribution in [3.63, 3.8) is 0 Å². The Kier molecular flexibility index (Phi) is 37.4. The van der Waals surface area contributed by atoms with E-state index in [0.717, 1.165) is 44.9 Å². The lowest BCUT2D eigenvalue weighted by molar-refractivity contribution is -0.870. The Morgan fingerprint density at radius 1 is 0.627 bits per heavy atom. The number of hydrogen-bond donors (Lipinski definition) is 2. The van der Waals surface area contributed by atoms with Crippen molar-refractivity contribution in [2.24, 2.45) is 0 Å². The van der Waals surface area contributed by atoms with Gasteiger partial charge in [0, 0.05) is 12.8 Å². The number of nitrogens with zero attached hydrogens (tertiary/aromatic N) is 1. The van der Waals surface area contributed by atoms with Crippen LogP contribution >= 0.6 is 7.82 Å². The van der Waals surface area contributed by atoms with Gasteiger partial charge in [0.05, 0.1) is 33.9 Å². The lowest BCUT2D eigenvalue weighted by Gasteiger charge is -2.24. The van der Waals surface area contributed by atoms with Crippen LogP contribution in [0.4, 0.5) is 0 Å². The van der Waals surface area contributed by atoms with Gasteiger partial charge >= 0.3 is 19.8 Å². The zero-order chi connectivity index (χ0) is 43.7. The summed E-state index contributed by atoms with van der Waals surface area (Å²) in [6.45, 7) is 4.10. The second kappa shape index (κ2) is 39.3. The van der Waals surface area contributed by atoms with Crippen molar-refractivity contribution in [2.45, 2.75) is 161 Å². The second-order valence-corrected chi connectivity index (χ2v) is 17.3. The van der Waals surface area contributed by atoms with E-state index in [1.165, 1.54) is 51.4 Å². The van der Waals surface area contributed by atoms with Crippen LogP contribution in [0.25, 0.3) is 0 Å². The van der Waals surface area contributed by atoms with Crippen LogP contribution in [0.15, 0.2) is 85.1 Å². The number of unbranched alkanes of at least 4 members (excludes halogenated alkanes) is 11. The van der Waals surface area contributed by atoms with E-state index in [2.05, 4.69) is 44.2 Å². The number of likely N-dealkylation sites (N-methyl/N-ethyl adjacent to an activating group) is 1. The number of aliphatic hydroxyl groups is 1. The second-order valence-electron chi connectivity index (χ2n) is 15.9. The maximum absolute atomic E-state index is 12.7. The SMILES string of the molecule is CC/C=C\C/C=C\CC(O)/C=C/C=C\C/C=C\C/C=C\CCC(=O)O[C@H](COC(=O)CCCCCCCCC/C=C\CCCCCC)COP(=O)(O)OCC[N+](C)(C)C. The van der Waals surface area contributed by atoms with Gasteiger partial charge in [-0.1, -0.05) is 150 Å². The number of phosphoric acid groups is 1. The van der Waals surface area contributed by atoms with Crippen LogP contribution in [0.3, 0.4) is 0 Å². The molecular formula is C48H83NO9P+. The highest BCUT2D eigenvalue weighted by Crippen LogP contribution is 2.43. The Morgan fingerprint density at radius 2 is 1.20 bits per heavy atom. The summed E-state index contributed by atoms with van der Waals surface area (Å²) in [5, 5.41) is 10.0. The molecule has 11 heteroatoms. The first kappa shape index (κ1) is 56.1. The fourth-order valence-corrected chi connectivity index (χ4v) is 6.21. The monoisotopic (exact) mass is 849 g/mol. The highest BCUT2D eigenvalue weighted by atomic mass is 31.2. The molecule has 0 radical (unpaired) electrons. The molecule has 0 amide bonds. The van der Waals surface area contributed by atoms with Crippen LogP contribution in [0.2, 0.25) is 0 Å². The van der Waals surface area contributed by atoms with Gasteiger partial charge in [-0.15, -0.1) is 0 Å². The van der Waals surface area contributed by atoms with E-state index in [1.807, 2.05) is 69.8 Å². The molecule has 0 aliphatic rings. The summed E-state index contributed by atoms with van der Waals surface area (Å²) in [7, 11) is 1.38. The molecule has 0 saturated heterocycles. The van der Waals surface area contributed by atoms with Gasteiger partial charge in [0.2, 0.25) is 0 Å². The van der Waals surface area contributed by atoms with Gasteiger partial charge in [0.1, 0.15) is 19.8 Å². The van der Waals surface area contributed by atoms with Crippen molar-refractivity contribution in [1.29, 1.82) is 0 Å². The molecule has 0 aromatic rings. The molecule has 0 heterocycles. The molecule has 59 heavy (non-hydrogen) atoms. The Morgan fingerprint density at radius 3 is 1.86 bits per heavy atom. The number of carbonyl (C=O) groups excluding carboxylic acids is 2. The van der Waals surface area contributed by atoms with Gasteiger partial charge in [-0.05, 0) is 70.6 Å². The average Bonchev–Trinajstić information content (AvgIpc) is 3.18. The third kappa shape index (κ3) is 43.1. The largest absolute Gasteiger partial charge is 0.472 e. The highest BCUT2D eigenvalue weighted by Gasteiger charge is 2.27. The Balaban J connectivity index is 4.56. The molecule has 0 spiro atoms. The number of ether oxygens (including phenoxy) is 2. The number of aliphatic hydroxyl groups excluding tert-OH is 1. The van der Waals surface area contributed by atoms with Crippen LogP contribution in [-0.4, -0.2) is 86.1 Å². The number of carbonyl (C=O) groups is 2. The molecule has 0 aromatic carbocycles. The van der Waals surface area contributed by atoms with Gasteiger partial charge in [0.25, 0.3) is 0 Å². The van der Waals surface area contributed by atoms with Crippen molar-refractivity contribution in [3.8, 4) is 0 Å². The maximum Gasteiger partial charge on any atom is 0.472 e. The van der Waals surface area contributed by atoms with Gasteiger partial charge in [-0.2, -0.15) is 0 Å². The minimum absolute atomic E-state index is 0.00400. The summed E-state index contributed by atoms with van der Waals surface area (Å²) in [6, 6.07) is 0. The van der Waals surface area contributed by atoms with Crippen molar-refractivity contribution in [3.05, 3.63) is 85.1 Å². The van der Waals surface area contributed by atoms with Crippen LogP contribution < -0.4 is 0 Å². The van der Waals surface area contributed by atoms with E-state index in [4.69, 9.17) is 18.5 Å². The number of rotatable bonds is 39. The zero-order valence-corrected chi connectivity index (χ0v) is 38.5. The molecule has 0 fully saturated rings. The number of quaternary nitrogens is 1. The molecule has 10 nitrogen and oxygen atoms in total. The molecule has 0 bridgehead atoms. The van der Waals surface area contributed by atoms with Crippen LogP contribution in [0.5, 0.6) is 0 Å². The molecule has 0 aliphatic carbocycles. The fraction of sp³-hybridized carbons (Fsp3) is 0.667. The minimum Gasteiger partial charge on any atom is -0.462 e. The predicted molar refractivity (Wildman–Crippen MR) is 244 cm³/mol. The molecule has 0 rings (SSSR count). The number of phosphoric ester groups is 1. The zero-order valence-electron chi connectivity index (χ0n) is 37.6. The van der Waals surface area contributed by atoms with Crippen molar-refractivity contribution < 1.29 is 47.2 Å². The lowest BCUT2D eigenvalue weighted by Crippen LogP contribution is -2.37. The summed E-state index contributed by atoms with van der Waals surface area (Å²) in [5.41, 5.74) is 0. The number of allylic oxidation sites excluding steroid dienone is 12. The van der Waals surface area contributed by atoms with Crippen LogP contribution in [0, 0.1) is 0 Å². The molecule has 0 aromatic heterocycles. The van der Waals surface area contributed by atoms with Crippen LogP contribution in [0.1, 0.15) is 149 Å². The van der Waals surface area contributed by atoms with Crippen molar-refractivity contribution in [2.75, 3.05) is 47.5 Å². The van der Waals surface area contributed by atoms with E-state index < -0.39 is 38.6 Å². The topological polar surface area (TPSA) is 129 Å². The smallest absolute Gasteiger partial charge is 0.462 e. The van der Waals surface area contributed by atoms with Gasteiger partial charge in [0.15, 0.2) is 6.10 Å². The molecule has 338 valence electrons. The molecule has 0 aliphatic heterocycles. The minimum atomic E-state index is -4.41. The van der Waals surface area contributed by atoms with Gasteiger partial charge in [-0.25, -0.2) is 4.57 Å². The van der Waals surface area contributed by atoms with E-state index >= 15 is 0 Å². The Labute approximate surface area is 359 Å². The molecule has 3 atom stereocenters. The average molecular weight is 849 g/mol. The van der Waals surface area contributed by atoms with Crippen LogP contribution in [-0.2, 0) is 32.7 Å². The summed E-state index contributed by atoms with van der Waals surface area (Å²) < 4.78 is 34.2. The summed E-state index contributed by atoms with van der Waals surface area (Å²) in [4.78, 5) is 35.3. The first-order valence-corrected chi connectivity index (χ1v) is 23.9. The van der Waals surface area contributed by atoms with E-state index in [0.29, 0.717) is 36.7 Å². The maximum atomic E-state index is 12.7. The molecular weight excluding hydrogens is 766 g/mol. The standard InChI is InChI=1S/C48H82NO9P/c1-6-8-10-12-14-15-16-17-18-19-20-24-27-31-35-39-47(51)55-43-46(44-57-59(53,54)56-42-41-49(3,4)5)58-48(52)40-36-32-28-25-22-21-23-26-30-34-38-45(50)37-33-29-13-11-9-7-2/h9,11,15-16,21-22,26,28-30,32-34,38,45-46,50H,6-8,10,12-14,17-20,23-25,27,31,35-37,39-44H2,1-5H3/p+1/b11-9-,16-15-,22-21-,30-26-,32-28-,33-29-,38-34+/t45?,46-/m1/s1. The normalized spacial score (nSPS) is 14.9. The number of hydrogen-bond acceptors (Lipinski definition) is 8. The first-order chi connectivity index (χ1) is 28.4. The lowest BCUT2D eigenvalue weighted by atomic mass is 10.1. The van der Waals surface area contributed by atoms with Gasteiger partial charge in [-0.3, -0.25) is 18.6 Å². The van der Waals surface area contributed by atoms with E-state index in [9.17, 15) is 24.2 Å². The third-order valence-electron chi connectivity index (χ3n) is 9.00. The summed E-state index contributed by atoms with van der Waals surface area (Å²) in [6.07, 6.45) is 46.7. The number of esters is 2. The first-order valence-electron chi connectivity index (χ1n) is 22.4. The molecule has 0 saturated carbocycles. The molecule has 2 unspecified atom stereocenters. The van der Waals surface area contributed by atoms with Crippen molar-refractivity contribution >= 4 is 19.8 Å². The highest BCUT2D eigenvalue weighted by molar-refractivity contribution is 7.47. The van der Waals surface area contributed by atoms with Crippen molar-refractivity contribution in [1.82, 2.24) is 0 Å². The molecule has 2 N–H and O–H groups in total. The van der Waals surface area contributed by atoms with E-state index in [1.54, 1.807) is 6.08 Å². The van der Waals surface area contributed by atoms with E-state index in [-0.39, 0.29) is 26.1 Å². The summed E-state index contributed by atoms with van der Waals surface area (Å²) in [5.74, 6) is -0.939. The quantitative estimate of drug-likeness (QED) is 0.0155. The Hall–Kier alpha value is -2.85. The van der Waals surface area contributed by atoms with Gasteiger partial charge < -0.3 is 24.0 Å². The summed E-state index contributed by atoms with van der Waals surface area (Å²) >= 11 is 0. The third-order valence-corrected chi connectivity index (χ3v) is 9.99.